The first-order valence-electron chi connectivity index (χ1n) is 14.0. The Hall–Kier alpha value is -1.13. The minimum atomic E-state index is -1.78. The van der Waals surface area contributed by atoms with Gasteiger partial charge in [0.2, 0.25) is 0 Å². The van der Waals surface area contributed by atoms with Gasteiger partial charge in [0.25, 0.3) is 5.91 Å². The number of carbonyl (C=O) groups is 1. The Kier molecular flexibility index (Phi) is 10.6. The van der Waals surface area contributed by atoms with Crippen LogP contribution in [0.15, 0.2) is 0 Å². The van der Waals surface area contributed by atoms with Crippen LogP contribution in [0.2, 0.25) is 0 Å². The van der Waals surface area contributed by atoms with Crippen LogP contribution in [0.4, 0.5) is 0 Å². The van der Waals surface area contributed by atoms with E-state index in [1.165, 1.54) is 0 Å². The maximum atomic E-state index is 12.8. The highest BCUT2D eigenvalue weighted by molar-refractivity contribution is 5.89. The summed E-state index contributed by atoms with van der Waals surface area (Å²) in [5.41, 5.74) is 22.4. The number of aliphatic hydroxyl groups excluding tert-OH is 5. The number of ether oxygens (including phenoxy) is 4. The molecule has 16 atom stereocenters. The van der Waals surface area contributed by atoms with E-state index in [1.54, 1.807) is 0 Å². The SMILES string of the molecule is CCNC[C@H]1O[C@H](OC2[C@@H](N)C[C@@H](NC(=O)C3(O)CC3N)[C@H](O[C@H]3O[C@H](CO)[C@@H](O)[C@H](N)[C@H]3O)[C@H]2O)[C@H](N)C[C@@H]1O. The van der Waals surface area contributed by atoms with Crippen molar-refractivity contribution in [3.05, 3.63) is 0 Å². The van der Waals surface area contributed by atoms with Crippen LogP contribution in [-0.4, -0.2) is 153 Å². The van der Waals surface area contributed by atoms with Gasteiger partial charge in [0.05, 0.1) is 36.9 Å². The lowest BCUT2D eigenvalue weighted by Gasteiger charge is -2.48. The van der Waals surface area contributed by atoms with Gasteiger partial charge in [0.1, 0.15) is 36.6 Å². The van der Waals surface area contributed by atoms with E-state index in [1.807, 2.05) is 6.92 Å². The number of aliphatic hydroxyl groups is 6. The van der Waals surface area contributed by atoms with Gasteiger partial charge in [-0.1, -0.05) is 6.92 Å². The summed E-state index contributed by atoms with van der Waals surface area (Å²) < 4.78 is 23.5. The number of likely N-dealkylation sites (N-methyl/N-ethyl adjacent to an activating group) is 1. The molecule has 4 rings (SSSR count). The summed E-state index contributed by atoms with van der Waals surface area (Å²) in [5, 5.41) is 68.5. The van der Waals surface area contributed by atoms with Crippen molar-refractivity contribution in [2.75, 3.05) is 19.7 Å². The van der Waals surface area contributed by atoms with Crippen molar-refractivity contribution in [1.82, 2.24) is 10.6 Å². The molecule has 17 nitrogen and oxygen atoms in total. The fourth-order valence-corrected chi connectivity index (χ4v) is 5.62. The highest BCUT2D eigenvalue weighted by Crippen LogP contribution is 2.36. The predicted octanol–water partition coefficient (Wildman–Crippen LogP) is -7.03. The zero-order chi connectivity index (χ0) is 30.2. The van der Waals surface area contributed by atoms with Crippen LogP contribution >= 0.6 is 0 Å². The van der Waals surface area contributed by atoms with Crippen molar-refractivity contribution in [2.24, 2.45) is 22.9 Å². The topological polar surface area (TPSA) is 304 Å². The van der Waals surface area contributed by atoms with Gasteiger partial charge in [-0.2, -0.15) is 0 Å². The van der Waals surface area contributed by atoms with Crippen molar-refractivity contribution >= 4 is 5.91 Å². The van der Waals surface area contributed by atoms with Crippen LogP contribution in [0.1, 0.15) is 26.2 Å². The first-order valence-corrected chi connectivity index (χ1v) is 14.0. The van der Waals surface area contributed by atoms with Crippen molar-refractivity contribution in [2.45, 2.75) is 123 Å². The van der Waals surface area contributed by atoms with E-state index in [2.05, 4.69) is 10.6 Å². The normalized spacial score (nSPS) is 50.4. The predicted molar refractivity (Wildman–Crippen MR) is 139 cm³/mol. The Bertz CT molecular complexity index is 893. The van der Waals surface area contributed by atoms with E-state index in [9.17, 15) is 35.4 Å². The van der Waals surface area contributed by atoms with Crippen LogP contribution in [0.25, 0.3) is 0 Å². The molecule has 0 spiro atoms. The number of nitrogens with two attached hydrogens (primary N) is 4. The molecule has 17 heteroatoms. The lowest BCUT2D eigenvalue weighted by Crippen LogP contribution is -2.69. The molecular weight excluding hydrogens is 548 g/mol. The number of hydrogen-bond acceptors (Lipinski definition) is 16. The zero-order valence-corrected chi connectivity index (χ0v) is 22.9. The Morgan fingerprint density at radius 1 is 0.927 bits per heavy atom. The zero-order valence-electron chi connectivity index (χ0n) is 22.9. The van der Waals surface area contributed by atoms with Crippen molar-refractivity contribution in [1.29, 1.82) is 0 Å². The van der Waals surface area contributed by atoms with Gasteiger partial charge in [-0.05, 0) is 19.4 Å². The number of nitrogens with one attached hydrogen (secondary N) is 2. The van der Waals surface area contributed by atoms with Gasteiger partial charge in [-0.15, -0.1) is 0 Å². The van der Waals surface area contributed by atoms with Crippen LogP contribution < -0.4 is 33.6 Å². The average molecular weight is 595 g/mol. The maximum absolute atomic E-state index is 12.8. The number of rotatable bonds is 10. The Morgan fingerprint density at radius 3 is 2.17 bits per heavy atom. The van der Waals surface area contributed by atoms with E-state index >= 15 is 0 Å². The fraction of sp³-hybridized carbons (Fsp3) is 0.958. The second-order valence-electron chi connectivity index (χ2n) is 11.5. The van der Waals surface area contributed by atoms with Gasteiger partial charge in [0, 0.05) is 25.0 Å². The smallest absolute Gasteiger partial charge is 0.253 e. The summed E-state index contributed by atoms with van der Waals surface area (Å²) in [6.45, 7) is 2.26. The summed E-state index contributed by atoms with van der Waals surface area (Å²) in [5.74, 6) is -0.786. The third-order valence-electron chi connectivity index (χ3n) is 8.43. The van der Waals surface area contributed by atoms with E-state index in [4.69, 9.17) is 41.9 Å². The quantitative estimate of drug-likeness (QED) is 0.112. The van der Waals surface area contributed by atoms with E-state index in [0.29, 0.717) is 13.1 Å². The minimum absolute atomic E-state index is 0.0181. The van der Waals surface area contributed by atoms with Gasteiger partial charge < -0.3 is 83.2 Å². The number of hydrogen-bond donors (Lipinski definition) is 12. The van der Waals surface area contributed by atoms with Crippen molar-refractivity contribution in [3.63, 3.8) is 0 Å². The summed E-state index contributed by atoms with van der Waals surface area (Å²) in [4.78, 5) is 12.8. The summed E-state index contributed by atoms with van der Waals surface area (Å²) in [7, 11) is 0. The van der Waals surface area contributed by atoms with Gasteiger partial charge >= 0.3 is 0 Å². The van der Waals surface area contributed by atoms with Gasteiger partial charge in [-0.25, -0.2) is 0 Å². The first-order chi connectivity index (χ1) is 19.3. The van der Waals surface area contributed by atoms with Gasteiger partial charge in [-0.3, -0.25) is 4.79 Å². The molecule has 2 saturated carbocycles. The maximum Gasteiger partial charge on any atom is 0.253 e. The molecule has 1 amide bonds. The molecule has 238 valence electrons. The lowest BCUT2D eigenvalue weighted by atomic mass is 9.83. The molecule has 0 aromatic rings. The molecule has 0 aromatic carbocycles. The van der Waals surface area contributed by atoms with E-state index in [0.717, 1.165) is 0 Å². The van der Waals surface area contributed by atoms with Crippen molar-refractivity contribution < 1.29 is 54.4 Å². The van der Waals surface area contributed by atoms with Crippen LogP contribution in [0, 0.1) is 0 Å². The molecule has 0 radical (unpaired) electrons. The standard InChI is InChI=1S/C24H46N6O11/c1-2-29-6-12-11(32)4-9(26)21(38-12)40-19-8(25)3-10(30-23(36)24(37)5-14(24)27)20(18(19)35)41-22-17(34)15(28)16(33)13(7-31)39-22/h8-22,29,31-35,37H,2-7,25-28H2,1H3,(H,30,36)/t8-,9+,10+,11-,12+,13+,14?,15-,16+,17+,18-,19?,20-,21+,22+,24?/m0/s1. The molecule has 0 aromatic heterocycles. The Labute approximate surface area is 237 Å². The third kappa shape index (κ3) is 6.84. The second kappa shape index (κ2) is 13.2. The highest BCUT2D eigenvalue weighted by atomic mass is 16.7. The summed E-state index contributed by atoms with van der Waals surface area (Å²) in [6.07, 6.45) is -12.1. The molecule has 4 aliphatic rings. The summed E-state index contributed by atoms with van der Waals surface area (Å²) >= 11 is 0. The molecule has 41 heavy (non-hydrogen) atoms. The lowest BCUT2D eigenvalue weighted by molar-refractivity contribution is -0.316. The van der Waals surface area contributed by atoms with E-state index < -0.39 is 110 Å². The molecule has 0 bridgehead atoms. The molecule has 2 aliphatic heterocycles. The van der Waals surface area contributed by atoms with E-state index in [-0.39, 0.29) is 19.3 Å². The molecule has 3 unspecified atom stereocenters. The fourth-order valence-electron chi connectivity index (χ4n) is 5.62. The molecule has 2 aliphatic carbocycles. The van der Waals surface area contributed by atoms with Crippen LogP contribution in [0.5, 0.6) is 0 Å². The van der Waals surface area contributed by atoms with Crippen LogP contribution in [-0.2, 0) is 23.7 Å². The van der Waals surface area contributed by atoms with Crippen LogP contribution in [0.3, 0.4) is 0 Å². The monoisotopic (exact) mass is 594 g/mol. The molecule has 4 fully saturated rings. The van der Waals surface area contributed by atoms with Gasteiger partial charge in [0.15, 0.2) is 18.2 Å². The highest BCUT2D eigenvalue weighted by Gasteiger charge is 2.59. The molecular formula is C24H46N6O11. The Balaban J connectivity index is 1.53. The molecule has 16 N–H and O–H groups in total. The largest absolute Gasteiger partial charge is 0.394 e. The number of amides is 1. The minimum Gasteiger partial charge on any atom is -0.394 e. The average Bonchev–Trinajstić information content (AvgIpc) is 3.56. The van der Waals surface area contributed by atoms with Crippen molar-refractivity contribution in [3.8, 4) is 0 Å². The Morgan fingerprint density at radius 2 is 1.56 bits per heavy atom. The number of carbonyl (C=O) groups excluding carboxylic acids is 1. The second-order valence-corrected chi connectivity index (χ2v) is 11.5. The summed E-state index contributed by atoms with van der Waals surface area (Å²) in [6, 6.07) is -4.67. The molecule has 2 heterocycles. The third-order valence-corrected chi connectivity index (χ3v) is 8.43. The molecule has 2 saturated heterocycles. The first kappa shape index (κ1) is 32.8.